The summed E-state index contributed by atoms with van der Waals surface area (Å²) < 4.78 is 58.8. The summed E-state index contributed by atoms with van der Waals surface area (Å²) in [4.78, 5) is 12.7. The second-order valence-electron chi connectivity index (χ2n) is 10.4. The summed E-state index contributed by atoms with van der Waals surface area (Å²) in [7, 11) is -4.22. The zero-order valence-corrected chi connectivity index (χ0v) is 23.2. The Kier molecular flexibility index (Phi) is 9.76. The van der Waals surface area contributed by atoms with E-state index in [0.717, 1.165) is 28.1 Å². The van der Waals surface area contributed by atoms with Gasteiger partial charge in [-0.25, -0.2) is 17.6 Å². The number of carbonyl (C=O) groups excluding carboxylic acids is 1. The summed E-state index contributed by atoms with van der Waals surface area (Å²) in [6, 6.07) is 12.9. The van der Waals surface area contributed by atoms with Crippen molar-refractivity contribution in [3.63, 3.8) is 0 Å². The molecular weight excluding hydrogens is 541 g/mol. The number of nitrogens with zero attached hydrogens (tertiary/aromatic N) is 2. The van der Waals surface area contributed by atoms with Crippen LogP contribution in [0, 0.1) is 29.0 Å². The molecule has 216 valence electrons. The predicted molar refractivity (Wildman–Crippen MR) is 142 cm³/mol. The summed E-state index contributed by atoms with van der Waals surface area (Å²) in [5, 5.41) is 23.2. The Hall–Kier alpha value is -3.08. The van der Waals surface area contributed by atoms with Crippen molar-refractivity contribution in [2.75, 3.05) is 26.3 Å². The maximum Gasteiger partial charge on any atom is 0.407 e. The molecule has 2 fully saturated rings. The van der Waals surface area contributed by atoms with Crippen molar-refractivity contribution >= 4 is 16.1 Å². The molecule has 2 aliphatic rings. The minimum atomic E-state index is -4.22. The van der Waals surface area contributed by atoms with Crippen LogP contribution in [-0.2, 0) is 30.7 Å². The van der Waals surface area contributed by atoms with E-state index in [4.69, 9.17) is 14.2 Å². The zero-order valence-electron chi connectivity index (χ0n) is 22.4. The summed E-state index contributed by atoms with van der Waals surface area (Å²) in [5.74, 6) is -1.01. The zero-order chi connectivity index (χ0) is 28.9. The molecule has 0 radical (unpaired) electrons. The first kappa shape index (κ1) is 29.9. The Morgan fingerprint density at radius 1 is 1.23 bits per heavy atom. The number of halogens is 1. The maximum atomic E-state index is 13.9. The smallest absolute Gasteiger partial charge is 0.407 e. The van der Waals surface area contributed by atoms with Gasteiger partial charge in [0.1, 0.15) is 18.0 Å². The number of carbonyl (C=O) groups is 1. The molecule has 0 bridgehead atoms. The molecule has 0 spiro atoms. The van der Waals surface area contributed by atoms with Gasteiger partial charge in [-0.2, -0.15) is 9.57 Å². The van der Waals surface area contributed by atoms with E-state index in [1.54, 1.807) is 6.07 Å². The molecule has 0 saturated carbocycles. The van der Waals surface area contributed by atoms with Crippen molar-refractivity contribution < 1.29 is 36.9 Å². The molecule has 0 aliphatic carbocycles. The van der Waals surface area contributed by atoms with Crippen LogP contribution in [0.2, 0.25) is 0 Å². The van der Waals surface area contributed by atoms with Gasteiger partial charge in [-0.15, -0.1) is 0 Å². The fourth-order valence-electron chi connectivity index (χ4n) is 4.94. The minimum absolute atomic E-state index is 0.0453. The summed E-state index contributed by atoms with van der Waals surface area (Å²) >= 11 is 0. The van der Waals surface area contributed by atoms with Crippen molar-refractivity contribution in [2.24, 2.45) is 11.8 Å². The number of hydrogen-bond donors (Lipinski definition) is 2. The number of rotatable bonds is 11. The fraction of sp³-hybridized carbons (Fsp3) is 0.500. The van der Waals surface area contributed by atoms with Crippen molar-refractivity contribution in [3.8, 4) is 6.07 Å². The lowest BCUT2D eigenvalue weighted by Crippen LogP contribution is -2.51. The van der Waals surface area contributed by atoms with E-state index < -0.39 is 52.0 Å². The molecule has 0 aromatic heterocycles. The van der Waals surface area contributed by atoms with Gasteiger partial charge in [0.25, 0.3) is 0 Å². The summed E-state index contributed by atoms with van der Waals surface area (Å²) in [6.45, 7) is 4.06. The standard InChI is InChI=1S/C28H34FN3O7S/c1-18(2)15-32(40(35,36)21-8-9-23(29)20(13-21)14-30)16-25(33)24(12-19-6-4-3-5-7-19)31-28(34)39-26-17-38-27-22(26)10-11-37-27/h3-9,13,18,22,24-27,33H,10-12,15-17H2,1-2H3,(H,31,34). The molecule has 5 atom stereocenters. The van der Waals surface area contributed by atoms with Crippen molar-refractivity contribution in [3.05, 3.63) is 65.5 Å². The van der Waals surface area contributed by atoms with Crippen LogP contribution in [0.5, 0.6) is 0 Å². The lowest BCUT2D eigenvalue weighted by molar-refractivity contribution is -0.0907. The molecule has 2 aromatic rings. The van der Waals surface area contributed by atoms with Gasteiger partial charge in [0.05, 0.1) is 41.7 Å². The van der Waals surface area contributed by atoms with Crippen LogP contribution in [0.3, 0.4) is 0 Å². The van der Waals surface area contributed by atoms with Gasteiger partial charge in [-0.05, 0) is 42.5 Å². The topological polar surface area (TPSA) is 138 Å². The molecule has 2 aliphatic heterocycles. The number of alkyl carbamates (subject to hydrolysis) is 1. The van der Waals surface area contributed by atoms with Crippen LogP contribution in [-0.4, -0.2) is 74.8 Å². The van der Waals surface area contributed by atoms with E-state index in [-0.39, 0.29) is 42.8 Å². The van der Waals surface area contributed by atoms with E-state index in [9.17, 15) is 28.0 Å². The molecule has 2 saturated heterocycles. The van der Waals surface area contributed by atoms with Crippen LogP contribution in [0.15, 0.2) is 53.4 Å². The first-order valence-electron chi connectivity index (χ1n) is 13.2. The average molecular weight is 576 g/mol. The van der Waals surface area contributed by atoms with Crippen molar-refractivity contribution in [2.45, 2.75) is 56.1 Å². The first-order valence-corrected chi connectivity index (χ1v) is 14.6. The molecule has 2 N–H and O–H groups in total. The van der Waals surface area contributed by atoms with E-state index >= 15 is 0 Å². The number of fused-ring (bicyclic) bond motifs is 1. The number of ether oxygens (including phenoxy) is 3. The van der Waals surface area contributed by atoms with E-state index in [0.29, 0.717) is 13.0 Å². The molecular formula is C28H34FN3O7S. The van der Waals surface area contributed by atoms with Crippen molar-refractivity contribution in [1.82, 2.24) is 9.62 Å². The van der Waals surface area contributed by atoms with Crippen LogP contribution >= 0.6 is 0 Å². The average Bonchev–Trinajstić information content (AvgIpc) is 3.53. The third-order valence-corrected chi connectivity index (χ3v) is 8.79. The quantitative estimate of drug-likeness (QED) is 0.417. The third kappa shape index (κ3) is 7.16. The number of aliphatic hydroxyl groups is 1. The molecule has 1 amide bonds. The van der Waals surface area contributed by atoms with E-state index in [1.807, 2.05) is 44.2 Å². The number of aliphatic hydroxyl groups excluding tert-OH is 1. The Labute approximate surface area is 233 Å². The first-order chi connectivity index (χ1) is 19.1. The highest BCUT2D eigenvalue weighted by Crippen LogP contribution is 2.33. The third-order valence-electron chi connectivity index (χ3n) is 6.97. The second kappa shape index (κ2) is 13.1. The van der Waals surface area contributed by atoms with Gasteiger partial charge in [0.15, 0.2) is 6.29 Å². The van der Waals surface area contributed by atoms with Gasteiger partial charge in [-0.3, -0.25) is 0 Å². The van der Waals surface area contributed by atoms with Gasteiger partial charge in [-0.1, -0.05) is 44.2 Å². The Morgan fingerprint density at radius 2 is 1.98 bits per heavy atom. The lowest BCUT2D eigenvalue weighted by Gasteiger charge is -2.31. The number of benzene rings is 2. The summed E-state index contributed by atoms with van der Waals surface area (Å²) in [5.41, 5.74) is 0.416. The van der Waals surface area contributed by atoms with Crippen molar-refractivity contribution in [1.29, 1.82) is 5.26 Å². The number of sulfonamides is 1. The van der Waals surface area contributed by atoms with E-state index in [2.05, 4.69) is 5.32 Å². The van der Waals surface area contributed by atoms with Gasteiger partial charge in [0.2, 0.25) is 10.0 Å². The Morgan fingerprint density at radius 3 is 2.67 bits per heavy atom. The van der Waals surface area contributed by atoms with Gasteiger partial charge < -0.3 is 24.6 Å². The monoisotopic (exact) mass is 575 g/mol. The Balaban J connectivity index is 1.54. The minimum Gasteiger partial charge on any atom is -0.443 e. The van der Waals surface area contributed by atoms with Crippen LogP contribution in [0.1, 0.15) is 31.4 Å². The van der Waals surface area contributed by atoms with Gasteiger partial charge >= 0.3 is 6.09 Å². The van der Waals surface area contributed by atoms with Crippen LogP contribution < -0.4 is 5.32 Å². The maximum absolute atomic E-state index is 13.9. The molecule has 12 heteroatoms. The summed E-state index contributed by atoms with van der Waals surface area (Å²) in [6.07, 6.45) is -2.06. The molecule has 10 nitrogen and oxygen atoms in total. The number of hydrogen-bond acceptors (Lipinski definition) is 8. The van der Waals surface area contributed by atoms with E-state index in [1.165, 1.54) is 0 Å². The SMILES string of the molecule is CC(C)CN(CC(O)C(Cc1ccccc1)NC(=O)OC1COC2OCCC12)S(=O)(=O)c1ccc(F)c(C#N)c1. The highest BCUT2D eigenvalue weighted by atomic mass is 32.2. The number of nitrogens with one attached hydrogen (secondary N) is 1. The normalized spacial score (nSPS) is 22.1. The van der Waals surface area contributed by atoms with Crippen LogP contribution in [0.4, 0.5) is 9.18 Å². The van der Waals surface area contributed by atoms with Crippen LogP contribution in [0.25, 0.3) is 0 Å². The largest absolute Gasteiger partial charge is 0.443 e. The molecule has 2 aromatic carbocycles. The number of amides is 1. The predicted octanol–water partition coefficient (Wildman–Crippen LogP) is 2.80. The second-order valence-corrected chi connectivity index (χ2v) is 12.4. The molecule has 4 rings (SSSR count). The number of nitriles is 1. The molecule has 2 heterocycles. The highest BCUT2D eigenvalue weighted by Gasteiger charge is 2.44. The fourth-order valence-corrected chi connectivity index (χ4v) is 6.58. The lowest BCUT2D eigenvalue weighted by atomic mass is 10.0. The molecule has 5 unspecified atom stereocenters. The highest BCUT2D eigenvalue weighted by molar-refractivity contribution is 7.89. The van der Waals surface area contributed by atoms with Gasteiger partial charge in [0, 0.05) is 13.1 Å². The Bertz CT molecular complexity index is 1320. The molecule has 40 heavy (non-hydrogen) atoms.